The molecule has 100 valence electrons. The zero-order valence-electron chi connectivity index (χ0n) is 11.0. The number of likely N-dealkylation sites (N-methyl/N-ethyl adjacent to an activating group) is 1. The minimum Gasteiger partial charge on any atom is -0.298 e. The van der Waals surface area contributed by atoms with Crippen LogP contribution < -0.4 is 0 Å². The van der Waals surface area contributed by atoms with Crippen molar-refractivity contribution in [1.29, 1.82) is 0 Å². The van der Waals surface area contributed by atoms with E-state index in [1.807, 2.05) is 11.4 Å². The lowest BCUT2D eigenvalue weighted by atomic mass is 10.1. The standard InChI is InChI=1S/C13H19BrN2OS/c1-9-6-16(7-10(2)15(9)3)8-12(17)13-11(14)4-5-18-13/h4-5,9-10H,6-8H2,1-3H3. The highest BCUT2D eigenvalue weighted by Gasteiger charge is 2.28. The maximum Gasteiger partial charge on any atom is 0.187 e. The van der Waals surface area contributed by atoms with Crippen LogP contribution in [0, 0.1) is 0 Å². The summed E-state index contributed by atoms with van der Waals surface area (Å²) >= 11 is 4.94. The molecule has 0 saturated carbocycles. The molecule has 0 spiro atoms. The van der Waals surface area contributed by atoms with E-state index in [2.05, 4.69) is 46.6 Å². The molecule has 2 heterocycles. The van der Waals surface area contributed by atoms with Crippen molar-refractivity contribution in [2.24, 2.45) is 0 Å². The van der Waals surface area contributed by atoms with Crippen LogP contribution in [0.3, 0.4) is 0 Å². The molecule has 2 unspecified atom stereocenters. The van der Waals surface area contributed by atoms with Gasteiger partial charge in [-0.25, -0.2) is 0 Å². The third kappa shape index (κ3) is 3.02. The van der Waals surface area contributed by atoms with Crippen molar-refractivity contribution >= 4 is 33.0 Å². The van der Waals surface area contributed by atoms with E-state index in [4.69, 9.17) is 0 Å². The second kappa shape index (κ2) is 5.82. The molecule has 2 rings (SSSR count). The number of carbonyl (C=O) groups excluding carboxylic acids is 1. The number of hydrogen-bond acceptors (Lipinski definition) is 4. The van der Waals surface area contributed by atoms with E-state index in [0.717, 1.165) is 22.4 Å². The summed E-state index contributed by atoms with van der Waals surface area (Å²) in [6.07, 6.45) is 0. The van der Waals surface area contributed by atoms with E-state index in [0.29, 0.717) is 18.6 Å². The van der Waals surface area contributed by atoms with Gasteiger partial charge in [-0.2, -0.15) is 0 Å². The van der Waals surface area contributed by atoms with Crippen molar-refractivity contribution in [2.45, 2.75) is 25.9 Å². The van der Waals surface area contributed by atoms with Crippen molar-refractivity contribution in [3.05, 3.63) is 20.8 Å². The Morgan fingerprint density at radius 3 is 2.56 bits per heavy atom. The first kappa shape index (κ1) is 14.2. The van der Waals surface area contributed by atoms with Gasteiger partial charge in [0.2, 0.25) is 0 Å². The maximum absolute atomic E-state index is 12.2. The lowest BCUT2D eigenvalue weighted by molar-refractivity contribution is 0.0551. The van der Waals surface area contributed by atoms with Gasteiger partial charge in [-0.1, -0.05) is 0 Å². The van der Waals surface area contributed by atoms with Crippen LogP contribution >= 0.6 is 27.3 Å². The minimum atomic E-state index is 0.223. The SMILES string of the molecule is CC1CN(CC(=O)c2sccc2Br)CC(C)N1C. The molecular formula is C13H19BrN2OS. The lowest BCUT2D eigenvalue weighted by Crippen LogP contribution is -2.55. The number of nitrogens with zero attached hydrogens (tertiary/aromatic N) is 2. The number of halogens is 1. The zero-order chi connectivity index (χ0) is 13.3. The van der Waals surface area contributed by atoms with Gasteiger partial charge in [0.15, 0.2) is 5.78 Å². The average Bonchev–Trinajstić information content (AvgIpc) is 2.72. The molecule has 0 N–H and O–H groups in total. The number of rotatable bonds is 3. The van der Waals surface area contributed by atoms with E-state index in [-0.39, 0.29) is 5.78 Å². The van der Waals surface area contributed by atoms with E-state index >= 15 is 0 Å². The van der Waals surface area contributed by atoms with Crippen molar-refractivity contribution in [2.75, 3.05) is 26.7 Å². The Kier molecular flexibility index (Phi) is 4.59. The second-order valence-electron chi connectivity index (χ2n) is 5.08. The summed E-state index contributed by atoms with van der Waals surface area (Å²) in [4.78, 5) is 17.7. The predicted molar refractivity (Wildman–Crippen MR) is 79.5 cm³/mol. The topological polar surface area (TPSA) is 23.6 Å². The van der Waals surface area contributed by atoms with Crippen LogP contribution in [-0.2, 0) is 0 Å². The third-order valence-electron chi connectivity index (χ3n) is 3.67. The summed E-state index contributed by atoms with van der Waals surface area (Å²) < 4.78 is 0.924. The fourth-order valence-corrected chi connectivity index (χ4v) is 3.94. The van der Waals surface area contributed by atoms with Crippen molar-refractivity contribution < 1.29 is 4.79 Å². The van der Waals surface area contributed by atoms with Gasteiger partial charge in [-0.05, 0) is 48.3 Å². The van der Waals surface area contributed by atoms with E-state index < -0.39 is 0 Å². The van der Waals surface area contributed by atoms with Gasteiger partial charge >= 0.3 is 0 Å². The molecule has 3 nitrogen and oxygen atoms in total. The molecular weight excluding hydrogens is 312 g/mol. The Balaban J connectivity index is 1.98. The van der Waals surface area contributed by atoms with Gasteiger partial charge in [0.25, 0.3) is 0 Å². The van der Waals surface area contributed by atoms with Crippen LogP contribution in [0.4, 0.5) is 0 Å². The van der Waals surface area contributed by atoms with Gasteiger partial charge in [0, 0.05) is 29.6 Å². The molecule has 0 radical (unpaired) electrons. The molecule has 1 aliphatic rings. The lowest BCUT2D eigenvalue weighted by Gasteiger charge is -2.42. The summed E-state index contributed by atoms with van der Waals surface area (Å²) in [6, 6.07) is 2.95. The first-order valence-electron chi connectivity index (χ1n) is 6.19. The Hall–Kier alpha value is -0.230. The number of hydrogen-bond donors (Lipinski definition) is 0. The van der Waals surface area contributed by atoms with Crippen LogP contribution in [-0.4, -0.2) is 54.3 Å². The van der Waals surface area contributed by atoms with E-state index in [1.165, 1.54) is 11.3 Å². The monoisotopic (exact) mass is 330 g/mol. The molecule has 0 amide bonds. The highest BCUT2D eigenvalue weighted by molar-refractivity contribution is 9.10. The Bertz CT molecular complexity index is 422. The van der Waals surface area contributed by atoms with Gasteiger partial charge in [0.05, 0.1) is 11.4 Å². The molecule has 1 saturated heterocycles. The van der Waals surface area contributed by atoms with Crippen molar-refractivity contribution in [3.63, 3.8) is 0 Å². The predicted octanol–water partition coefficient (Wildman–Crippen LogP) is 2.72. The largest absolute Gasteiger partial charge is 0.298 e. The van der Waals surface area contributed by atoms with Crippen LogP contribution in [0.2, 0.25) is 0 Å². The Morgan fingerprint density at radius 1 is 1.44 bits per heavy atom. The number of ketones is 1. The summed E-state index contributed by atoms with van der Waals surface area (Å²) in [5, 5.41) is 1.95. The molecule has 2 atom stereocenters. The molecule has 5 heteroatoms. The molecule has 1 aliphatic heterocycles. The van der Waals surface area contributed by atoms with E-state index in [1.54, 1.807) is 0 Å². The normalized spacial score (nSPS) is 26.4. The molecule has 18 heavy (non-hydrogen) atoms. The van der Waals surface area contributed by atoms with Gasteiger partial charge < -0.3 is 0 Å². The Labute approximate surface area is 121 Å². The van der Waals surface area contributed by atoms with Crippen LogP contribution in [0.25, 0.3) is 0 Å². The minimum absolute atomic E-state index is 0.223. The van der Waals surface area contributed by atoms with Gasteiger partial charge in [-0.3, -0.25) is 14.6 Å². The quantitative estimate of drug-likeness (QED) is 0.796. The van der Waals surface area contributed by atoms with Gasteiger partial charge in [0.1, 0.15) is 0 Å². The fraction of sp³-hybridized carbons (Fsp3) is 0.615. The molecule has 0 aliphatic carbocycles. The summed E-state index contributed by atoms with van der Waals surface area (Å²) in [6.45, 7) is 6.90. The molecule has 1 fully saturated rings. The summed E-state index contributed by atoms with van der Waals surface area (Å²) in [5.74, 6) is 0.223. The number of Topliss-reactive ketones (excluding diaryl/α,β-unsaturated/α-hetero) is 1. The van der Waals surface area contributed by atoms with E-state index in [9.17, 15) is 4.79 Å². The van der Waals surface area contributed by atoms with Crippen molar-refractivity contribution in [1.82, 2.24) is 9.80 Å². The summed E-state index contributed by atoms with van der Waals surface area (Å²) in [5.41, 5.74) is 0. The number of piperazine rings is 1. The molecule has 0 aromatic carbocycles. The Morgan fingerprint density at radius 2 is 2.06 bits per heavy atom. The smallest absolute Gasteiger partial charge is 0.187 e. The fourth-order valence-electron chi connectivity index (χ4n) is 2.41. The number of thiophene rings is 1. The maximum atomic E-state index is 12.2. The van der Waals surface area contributed by atoms with Crippen LogP contribution in [0.15, 0.2) is 15.9 Å². The van der Waals surface area contributed by atoms with Crippen molar-refractivity contribution in [3.8, 4) is 0 Å². The second-order valence-corrected chi connectivity index (χ2v) is 6.85. The first-order valence-corrected chi connectivity index (χ1v) is 7.86. The zero-order valence-corrected chi connectivity index (χ0v) is 13.4. The van der Waals surface area contributed by atoms with Crippen LogP contribution in [0.1, 0.15) is 23.5 Å². The summed E-state index contributed by atoms with van der Waals surface area (Å²) in [7, 11) is 2.16. The average molecular weight is 331 g/mol. The van der Waals surface area contributed by atoms with Crippen LogP contribution in [0.5, 0.6) is 0 Å². The first-order chi connectivity index (χ1) is 8.49. The van der Waals surface area contributed by atoms with Gasteiger partial charge in [-0.15, -0.1) is 11.3 Å². The highest BCUT2D eigenvalue weighted by atomic mass is 79.9. The third-order valence-corrected chi connectivity index (χ3v) is 5.55. The highest BCUT2D eigenvalue weighted by Crippen LogP contribution is 2.24. The number of carbonyl (C=O) groups is 1. The molecule has 0 bridgehead atoms. The molecule has 1 aromatic rings. The molecule has 1 aromatic heterocycles.